The molecule has 2 N–H and O–H groups in total. The smallest absolute Gasteiger partial charge is 0.326 e. The summed E-state index contributed by atoms with van der Waals surface area (Å²) in [4.78, 5) is 25.7. The minimum atomic E-state index is -0.881. The van der Waals surface area contributed by atoms with Gasteiger partial charge in [-0.25, -0.2) is 4.79 Å². The Hall–Kier alpha value is -1.10. The topological polar surface area (TPSA) is 69.6 Å². The van der Waals surface area contributed by atoms with Gasteiger partial charge in [-0.1, -0.05) is 20.3 Å². The summed E-state index contributed by atoms with van der Waals surface area (Å²) in [5.74, 6) is -0.909. The maximum Gasteiger partial charge on any atom is 0.326 e. The van der Waals surface area contributed by atoms with Gasteiger partial charge >= 0.3 is 5.97 Å². The lowest BCUT2D eigenvalue weighted by Gasteiger charge is -2.45. The molecule has 2 unspecified atom stereocenters. The number of likely N-dealkylation sites (tertiary alicyclic amines) is 1. The van der Waals surface area contributed by atoms with Crippen molar-refractivity contribution in [3.8, 4) is 0 Å². The highest BCUT2D eigenvalue weighted by molar-refractivity contribution is 5.87. The Morgan fingerprint density at radius 2 is 2.00 bits per heavy atom. The number of nitrogens with zero attached hydrogens (tertiary/aromatic N) is 1. The molecule has 0 bridgehead atoms. The third kappa shape index (κ3) is 2.91. The van der Waals surface area contributed by atoms with Crippen LogP contribution >= 0.6 is 0 Å². The van der Waals surface area contributed by atoms with Crippen molar-refractivity contribution in [2.45, 2.75) is 58.0 Å². The quantitative estimate of drug-likeness (QED) is 0.790. The van der Waals surface area contributed by atoms with Gasteiger partial charge < -0.3 is 15.3 Å². The van der Waals surface area contributed by atoms with Gasteiger partial charge in [-0.3, -0.25) is 4.79 Å². The summed E-state index contributed by atoms with van der Waals surface area (Å²) in [7, 11) is 0. The number of carbonyl (C=O) groups excluding carboxylic acids is 1. The predicted octanol–water partition coefficient (Wildman–Crippen LogP) is 1.23. The summed E-state index contributed by atoms with van der Waals surface area (Å²) in [5.41, 5.74) is -0.353. The van der Waals surface area contributed by atoms with Crippen molar-refractivity contribution in [3.05, 3.63) is 0 Å². The Morgan fingerprint density at radius 1 is 1.26 bits per heavy atom. The third-order valence-corrected chi connectivity index (χ3v) is 4.40. The van der Waals surface area contributed by atoms with Crippen LogP contribution in [0.2, 0.25) is 0 Å². The second kappa shape index (κ2) is 5.49. The molecule has 0 saturated carbocycles. The lowest BCUT2D eigenvalue weighted by Crippen LogP contribution is -2.60. The van der Waals surface area contributed by atoms with Crippen LogP contribution in [0.4, 0.5) is 0 Å². The molecule has 19 heavy (non-hydrogen) atoms. The first kappa shape index (κ1) is 14.3. The molecule has 5 heteroatoms. The van der Waals surface area contributed by atoms with Gasteiger partial charge in [0.05, 0.1) is 6.04 Å². The SMILES string of the molecule is CC1(C)CCCN(C(=O)C2CCCCN2)C1C(=O)O. The lowest BCUT2D eigenvalue weighted by molar-refractivity contribution is -0.160. The summed E-state index contributed by atoms with van der Waals surface area (Å²) in [6.07, 6.45) is 4.69. The zero-order valence-electron chi connectivity index (χ0n) is 11.8. The van der Waals surface area contributed by atoms with Crippen molar-refractivity contribution in [2.75, 3.05) is 13.1 Å². The lowest BCUT2D eigenvalue weighted by atomic mass is 9.76. The average Bonchev–Trinajstić information content (AvgIpc) is 2.37. The molecule has 2 aliphatic heterocycles. The van der Waals surface area contributed by atoms with E-state index >= 15 is 0 Å². The van der Waals surface area contributed by atoms with Crippen LogP contribution in [0.25, 0.3) is 0 Å². The molecule has 1 amide bonds. The first-order chi connectivity index (χ1) is 8.93. The van der Waals surface area contributed by atoms with Gasteiger partial charge in [-0.15, -0.1) is 0 Å². The highest BCUT2D eigenvalue weighted by Crippen LogP contribution is 2.35. The van der Waals surface area contributed by atoms with Crippen LogP contribution in [0.15, 0.2) is 0 Å². The molecule has 0 aromatic carbocycles. The van der Waals surface area contributed by atoms with Gasteiger partial charge in [0.1, 0.15) is 6.04 Å². The average molecular weight is 268 g/mol. The van der Waals surface area contributed by atoms with Crippen LogP contribution < -0.4 is 5.32 Å². The van der Waals surface area contributed by atoms with Gasteiger partial charge in [0, 0.05) is 6.54 Å². The number of piperidine rings is 2. The Balaban J connectivity index is 2.15. The molecular weight excluding hydrogens is 244 g/mol. The number of rotatable bonds is 2. The monoisotopic (exact) mass is 268 g/mol. The fourth-order valence-corrected chi connectivity index (χ4v) is 3.36. The van der Waals surface area contributed by atoms with Crippen LogP contribution in [-0.4, -0.2) is 47.1 Å². The summed E-state index contributed by atoms with van der Waals surface area (Å²) in [5, 5.41) is 12.7. The maximum atomic E-state index is 12.6. The number of nitrogens with one attached hydrogen (secondary N) is 1. The predicted molar refractivity (Wildman–Crippen MR) is 71.8 cm³/mol. The van der Waals surface area contributed by atoms with E-state index in [9.17, 15) is 14.7 Å². The van der Waals surface area contributed by atoms with Gasteiger partial charge in [0.25, 0.3) is 0 Å². The summed E-state index contributed by atoms with van der Waals surface area (Å²) in [6, 6.07) is -0.887. The number of carboxylic acids is 1. The molecule has 2 aliphatic rings. The fourth-order valence-electron chi connectivity index (χ4n) is 3.36. The van der Waals surface area contributed by atoms with E-state index in [4.69, 9.17) is 0 Å². The molecule has 2 heterocycles. The molecule has 108 valence electrons. The second-order valence-electron chi connectivity index (χ2n) is 6.37. The van der Waals surface area contributed by atoms with Gasteiger partial charge in [0.2, 0.25) is 5.91 Å². The fraction of sp³-hybridized carbons (Fsp3) is 0.857. The van der Waals surface area contributed by atoms with E-state index in [2.05, 4.69) is 5.32 Å². The molecule has 0 radical (unpaired) electrons. The van der Waals surface area contributed by atoms with Gasteiger partial charge in [-0.05, 0) is 37.6 Å². The molecule has 0 spiro atoms. The third-order valence-electron chi connectivity index (χ3n) is 4.40. The van der Waals surface area contributed by atoms with E-state index in [-0.39, 0.29) is 17.4 Å². The van der Waals surface area contributed by atoms with Crippen molar-refractivity contribution in [1.29, 1.82) is 0 Å². The molecule has 2 fully saturated rings. The minimum Gasteiger partial charge on any atom is -0.480 e. The standard InChI is InChI=1S/C14H24N2O3/c1-14(2)7-5-9-16(11(14)13(18)19)12(17)10-6-3-4-8-15-10/h10-11,15H,3-9H2,1-2H3,(H,18,19). The van der Waals surface area contributed by atoms with Crippen molar-refractivity contribution in [1.82, 2.24) is 10.2 Å². The number of carbonyl (C=O) groups is 2. The van der Waals surface area contributed by atoms with Crippen molar-refractivity contribution in [2.24, 2.45) is 5.41 Å². The molecule has 2 rings (SSSR count). The van der Waals surface area contributed by atoms with Crippen molar-refractivity contribution >= 4 is 11.9 Å². The van der Waals surface area contributed by atoms with Crippen LogP contribution in [0.1, 0.15) is 46.0 Å². The molecule has 2 atom stereocenters. The van der Waals surface area contributed by atoms with Crippen LogP contribution in [0.3, 0.4) is 0 Å². The van der Waals surface area contributed by atoms with Gasteiger partial charge in [0.15, 0.2) is 0 Å². The summed E-state index contributed by atoms with van der Waals surface area (Å²) < 4.78 is 0. The number of carboxylic acid groups (broad SMARTS) is 1. The molecule has 2 saturated heterocycles. The van der Waals surface area contributed by atoms with Crippen LogP contribution in [-0.2, 0) is 9.59 Å². The molecule has 5 nitrogen and oxygen atoms in total. The van der Waals surface area contributed by atoms with Crippen LogP contribution in [0.5, 0.6) is 0 Å². The van der Waals surface area contributed by atoms with E-state index in [1.54, 1.807) is 4.90 Å². The van der Waals surface area contributed by atoms with Crippen LogP contribution in [0, 0.1) is 5.41 Å². The highest BCUT2D eigenvalue weighted by Gasteiger charge is 2.45. The summed E-state index contributed by atoms with van der Waals surface area (Å²) >= 11 is 0. The number of hydrogen-bond donors (Lipinski definition) is 2. The highest BCUT2D eigenvalue weighted by atomic mass is 16.4. The van der Waals surface area contributed by atoms with E-state index in [0.717, 1.165) is 38.6 Å². The zero-order valence-corrected chi connectivity index (χ0v) is 11.8. The minimum absolute atomic E-state index is 0.0279. The Labute approximate surface area is 114 Å². The molecule has 0 aromatic rings. The second-order valence-corrected chi connectivity index (χ2v) is 6.37. The van der Waals surface area contributed by atoms with Crippen molar-refractivity contribution < 1.29 is 14.7 Å². The summed E-state index contributed by atoms with van der Waals surface area (Å²) in [6.45, 7) is 5.31. The largest absolute Gasteiger partial charge is 0.480 e. The molecule has 0 aromatic heterocycles. The number of aliphatic carboxylic acids is 1. The first-order valence-electron chi connectivity index (χ1n) is 7.20. The molecular formula is C14H24N2O3. The van der Waals surface area contributed by atoms with Crippen molar-refractivity contribution in [3.63, 3.8) is 0 Å². The Morgan fingerprint density at radius 3 is 2.58 bits per heavy atom. The zero-order chi connectivity index (χ0) is 14.0. The maximum absolute atomic E-state index is 12.6. The molecule has 0 aliphatic carbocycles. The van der Waals surface area contributed by atoms with Gasteiger partial charge in [-0.2, -0.15) is 0 Å². The number of hydrogen-bond acceptors (Lipinski definition) is 3. The van der Waals surface area contributed by atoms with E-state index in [0.29, 0.717) is 6.54 Å². The number of amides is 1. The normalized spacial score (nSPS) is 30.9. The Kier molecular flexibility index (Phi) is 4.13. The van der Waals surface area contributed by atoms with E-state index < -0.39 is 12.0 Å². The Bertz CT molecular complexity index is 362. The first-order valence-corrected chi connectivity index (χ1v) is 7.20. The van der Waals surface area contributed by atoms with E-state index in [1.807, 2.05) is 13.8 Å². The van der Waals surface area contributed by atoms with E-state index in [1.165, 1.54) is 0 Å².